The van der Waals surface area contributed by atoms with Gasteiger partial charge in [0, 0.05) is 24.4 Å². The molecule has 4 rings (SSSR count). The van der Waals surface area contributed by atoms with E-state index in [-0.39, 0.29) is 54.0 Å². The second-order valence-corrected chi connectivity index (χ2v) is 8.67. The molecule has 2 heterocycles. The van der Waals surface area contributed by atoms with Gasteiger partial charge < -0.3 is 9.64 Å². The quantitative estimate of drug-likeness (QED) is 0.646. The Balaban J connectivity index is 1.40. The van der Waals surface area contributed by atoms with Crippen LogP contribution in [-0.4, -0.2) is 28.9 Å². The summed E-state index contributed by atoms with van der Waals surface area (Å²) in [5.41, 5.74) is 1.26. The maximum atomic E-state index is 14.2. The van der Waals surface area contributed by atoms with E-state index < -0.39 is 11.6 Å². The summed E-state index contributed by atoms with van der Waals surface area (Å²) in [6.07, 6.45) is 3.30. The molecule has 2 aliphatic heterocycles. The fraction of sp³-hybridized carbons (Fsp3) is 0.440. The zero-order valence-electron chi connectivity index (χ0n) is 17.7. The summed E-state index contributed by atoms with van der Waals surface area (Å²) in [4.78, 5) is 27.5. The molecule has 164 valence electrons. The third-order valence-corrected chi connectivity index (χ3v) is 6.57. The number of carbonyl (C=O) groups excluding carboxylic acids is 2. The average molecular weight is 427 g/mol. The maximum Gasteiger partial charge on any atom is 0.410 e. The number of hydrogen-bond donors (Lipinski definition) is 0. The predicted molar refractivity (Wildman–Crippen MR) is 112 cm³/mol. The van der Waals surface area contributed by atoms with Gasteiger partial charge in [-0.1, -0.05) is 42.5 Å². The summed E-state index contributed by atoms with van der Waals surface area (Å²) in [6, 6.07) is 12.4. The van der Waals surface area contributed by atoms with Crippen molar-refractivity contribution >= 4 is 11.9 Å². The van der Waals surface area contributed by atoms with Gasteiger partial charge in [-0.2, -0.15) is 0 Å². The van der Waals surface area contributed by atoms with Gasteiger partial charge in [0.25, 0.3) is 0 Å². The lowest BCUT2D eigenvalue weighted by Crippen LogP contribution is -2.55. The van der Waals surface area contributed by atoms with Gasteiger partial charge in [-0.3, -0.25) is 4.79 Å². The minimum atomic E-state index is -0.935. The second kappa shape index (κ2) is 9.16. The Kier molecular flexibility index (Phi) is 6.35. The number of ketones is 1. The molecule has 2 saturated heterocycles. The fourth-order valence-electron chi connectivity index (χ4n) is 4.89. The normalized spacial score (nSPS) is 22.8. The first-order valence-electron chi connectivity index (χ1n) is 10.9. The molecule has 2 aromatic carbocycles. The minimum Gasteiger partial charge on any atom is -0.445 e. The number of carbonyl (C=O) groups is 2. The van der Waals surface area contributed by atoms with Crippen LogP contribution in [0.3, 0.4) is 0 Å². The smallest absolute Gasteiger partial charge is 0.410 e. The first kappa shape index (κ1) is 21.5. The Bertz CT molecular complexity index is 949. The maximum absolute atomic E-state index is 14.2. The lowest BCUT2D eigenvalue weighted by Gasteiger charge is -2.47. The van der Waals surface area contributed by atoms with Gasteiger partial charge in [-0.25, -0.2) is 13.6 Å². The fourth-order valence-corrected chi connectivity index (χ4v) is 4.89. The lowest BCUT2D eigenvalue weighted by atomic mass is 9.76. The highest BCUT2D eigenvalue weighted by molar-refractivity contribution is 5.84. The van der Waals surface area contributed by atoms with Crippen LogP contribution in [-0.2, 0) is 22.6 Å². The SMILES string of the molecule is Cc1ccc(CC(=O)C2CC3CCCC(C2)N3C(=O)OCc2ccccc2)c(F)c1F. The first-order chi connectivity index (χ1) is 14.9. The van der Waals surface area contributed by atoms with E-state index in [0.717, 1.165) is 24.8 Å². The minimum absolute atomic E-state index is 0.0516. The van der Waals surface area contributed by atoms with Gasteiger partial charge in [0.05, 0.1) is 0 Å². The molecule has 0 N–H and O–H groups in total. The van der Waals surface area contributed by atoms with Crippen molar-refractivity contribution in [2.24, 2.45) is 5.92 Å². The van der Waals surface area contributed by atoms with E-state index in [1.807, 2.05) is 35.2 Å². The molecule has 6 heteroatoms. The Morgan fingerprint density at radius 3 is 2.35 bits per heavy atom. The van der Waals surface area contributed by atoms with Crippen LogP contribution < -0.4 is 0 Å². The number of piperidine rings is 2. The molecule has 2 unspecified atom stereocenters. The van der Waals surface area contributed by atoms with E-state index in [4.69, 9.17) is 4.74 Å². The Labute approximate surface area is 181 Å². The van der Waals surface area contributed by atoms with E-state index in [9.17, 15) is 18.4 Å². The molecule has 0 radical (unpaired) electrons. The van der Waals surface area contributed by atoms with Crippen LogP contribution in [0.5, 0.6) is 0 Å². The van der Waals surface area contributed by atoms with Crippen molar-refractivity contribution in [3.8, 4) is 0 Å². The number of benzene rings is 2. The number of Topliss-reactive ketones (excluding diaryl/α,β-unsaturated/α-hetero) is 1. The molecule has 0 spiro atoms. The van der Waals surface area contributed by atoms with E-state index in [1.54, 1.807) is 0 Å². The Morgan fingerprint density at radius 2 is 1.68 bits per heavy atom. The lowest BCUT2D eigenvalue weighted by molar-refractivity contribution is -0.126. The van der Waals surface area contributed by atoms with Gasteiger partial charge >= 0.3 is 6.09 Å². The molecule has 0 aromatic heterocycles. The number of aryl methyl sites for hydroxylation is 1. The monoisotopic (exact) mass is 427 g/mol. The summed E-state index contributed by atoms with van der Waals surface area (Å²) in [6.45, 7) is 1.72. The van der Waals surface area contributed by atoms with Gasteiger partial charge in [0.15, 0.2) is 11.6 Å². The first-order valence-corrected chi connectivity index (χ1v) is 10.9. The number of nitrogens with zero attached hydrogens (tertiary/aromatic N) is 1. The summed E-state index contributed by atoms with van der Waals surface area (Å²) >= 11 is 0. The predicted octanol–water partition coefficient (Wildman–Crippen LogP) is 5.35. The molecule has 2 atom stereocenters. The molecular formula is C25H27F2NO3. The molecule has 2 aliphatic rings. The van der Waals surface area contributed by atoms with Crippen molar-refractivity contribution in [2.45, 2.75) is 64.1 Å². The third-order valence-electron chi connectivity index (χ3n) is 6.57. The second-order valence-electron chi connectivity index (χ2n) is 8.67. The van der Waals surface area contributed by atoms with Crippen molar-refractivity contribution in [3.63, 3.8) is 0 Å². The van der Waals surface area contributed by atoms with Gasteiger partial charge in [0.1, 0.15) is 12.4 Å². The van der Waals surface area contributed by atoms with Crippen LogP contribution in [0.25, 0.3) is 0 Å². The van der Waals surface area contributed by atoms with E-state index >= 15 is 0 Å². The topological polar surface area (TPSA) is 46.6 Å². The van der Waals surface area contributed by atoms with E-state index in [0.29, 0.717) is 12.8 Å². The number of fused-ring (bicyclic) bond motifs is 2. The molecule has 2 fully saturated rings. The zero-order chi connectivity index (χ0) is 22.0. The average Bonchev–Trinajstić information content (AvgIpc) is 2.77. The number of hydrogen-bond acceptors (Lipinski definition) is 3. The number of halogens is 2. The highest BCUT2D eigenvalue weighted by Crippen LogP contribution is 2.38. The third kappa shape index (κ3) is 4.63. The van der Waals surface area contributed by atoms with Crippen LogP contribution in [0, 0.1) is 24.5 Å². The van der Waals surface area contributed by atoms with Crippen molar-refractivity contribution < 1.29 is 23.1 Å². The van der Waals surface area contributed by atoms with Crippen molar-refractivity contribution in [2.75, 3.05) is 0 Å². The summed E-state index contributed by atoms with van der Waals surface area (Å²) in [5.74, 6) is -2.16. The highest BCUT2D eigenvalue weighted by Gasteiger charge is 2.43. The summed E-state index contributed by atoms with van der Waals surface area (Å²) in [7, 11) is 0. The van der Waals surface area contributed by atoms with Crippen LogP contribution >= 0.6 is 0 Å². The molecule has 31 heavy (non-hydrogen) atoms. The molecular weight excluding hydrogens is 400 g/mol. The zero-order valence-corrected chi connectivity index (χ0v) is 17.7. The van der Waals surface area contributed by atoms with Crippen molar-refractivity contribution in [3.05, 3.63) is 70.8 Å². The van der Waals surface area contributed by atoms with Crippen molar-refractivity contribution in [1.82, 2.24) is 4.90 Å². The number of rotatable bonds is 5. The van der Waals surface area contributed by atoms with Crippen LogP contribution in [0.4, 0.5) is 13.6 Å². The van der Waals surface area contributed by atoms with Crippen LogP contribution in [0.1, 0.15) is 48.8 Å². The molecule has 2 aromatic rings. The summed E-state index contributed by atoms with van der Waals surface area (Å²) in [5, 5.41) is 0. The van der Waals surface area contributed by atoms with Gasteiger partial charge in [0.2, 0.25) is 0 Å². The summed E-state index contributed by atoms with van der Waals surface area (Å²) < 4.78 is 33.6. The molecule has 1 amide bonds. The molecule has 4 nitrogen and oxygen atoms in total. The number of ether oxygens (including phenoxy) is 1. The van der Waals surface area contributed by atoms with Crippen molar-refractivity contribution in [1.29, 1.82) is 0 Å². The molecule has 0 aliphatic carbocycles. The molecule has 2 bridgehead atoms. The van der Waals surface area contributed by atoms with Gasteiger partial charge in [-0.05, 0) is 55.7 Å². The standard InChI is InChI=1S/C25H27F2NO3/c1-16-10-11-18(24(27)23(16)26)14-22(29)19-12-20-8-5-9-21(13-19)28(20)25(30)31-15-17-6-3-2-4-7-17/h2-4,6-7,10-11,19-21H,5,8-9,12-15H2,1H3. The van der Waals surface area contributed by atoms with Crippen LogP contribution in [0.2, 0.25) is 0 Å². The van der Waals surface area contributed by atoms with Crippen LogP contribution in [0.15, 0.2) is 42.5 Å². The number of amides is 1. The Morgan fingerprint density at radius 1 is 1.00 bits per heavy atom. The highest BCUT2D eigenvalue weighted by atomic mass is 19.2. The molecule has 0 saturated carbocycles. The van der Waals surface area contributed by atoms with E-state index in [1.165, 1.54) is 19.1 Å². The Hall–Kier alpha value is -2.76. The van der Waals surface area contributed by atoms with E-state index in [2.05, 4.69) is 0 Å². The van der Waals surface area contributed by atoms with Gasteiger partial charge in [-0.15, -0.1) is 0 Å². The largest absolute Gasteiger partial charge is 0.445 e.